The van der Waals surface area contributed by atoms with Gasteiger partial charge in [0.25, 0.3) is 0 Å². The van der Waals surface area contributed by atoms with Crippen LogP contribution in [0.1, 0.15) is 13.8 Å². The highest BCUT2D eigenvalue weighted by atomic mass is 31.2. The topological polar surface area (TPSA) is 90.2 Å². The van der Waals surface area contributed by atoms with Crippen LogP contribution in [0, 0.1) is 0 Å². The van der Waals surface area contributed by atoms with Crippen molar-refractivity contribution in [1.82, 2.24) is 0 Å². The number of hydrogen-bond acceptors (Lipinski definition) is 5. The molecule has 5 nitrogen and oxygen atoms in total. The predicted octanol–water partition coefficient (Wildman–Crippen LogP) is -0.654. The quantitative estimate of drug-likeness (QED) is 0.436. The van der Waals surface area contributed by atoms with Crippen molar-refractivity contribution in [3.05, 3.63) is 0 Å². The molecular formula is C5H13O5P. The molecule has 6 heteroatoms. The molecule has 1 unspecified atom stereocenters. The minimum atomic E-state index is -2.55. The van der Waals surface area contributed by atoms with Crippen LogP contribution in [0.15, 0.2) is 0 Å². The maximum absolute atomic E-state index is 9.02. The summed E-state index contributed by atoms with van der Waals surface area (Å²) in [5, 5.41) is 17.7. The summed E-state index contributed by atoms with van der Waals surface area (Å²) in [4.78, 5) is 16.9. The predicted molar refractivity (Wildman–Crippen MR) is 39.6 cm³/mol. The van der Waals surface area contributed by atoms with E-state index in [0.29, 0.717) is 0 Å². The van der Waals surface area contributed by atoms with E-state index in [1.165, 1.54) is 13.8 Å². The largest absolute Gasteiger partial charge is 0.393 e. The van der Waals surface area contributed by atoms with Gasteiger partial charge in [-0.1, -0.05) is 0 Å². The Labute approximate surface area is 66.2 Å². The van der Waals surface area contributed by atoms with Crippen LogP contribution in [0.2, 0.25) is 0 Å². The summed E-state index contributed by atoms with van der Waals surface area (Å²) in [6.07, 6.45) is -0.961. The molecule has 0 fully saturated rings. The van der Waals surface area contributed by atoms with Crippen molar-refractivity contribution in [2.75, 3.05) is 6.61 Å². The van der Waals surface area contributed by atoms with E-state index in [4.69, 9.17) is 20.0 Å². The van der Waals surface area contributed by atoms with Crippen molar-refractivity contribution in [3.63, 3.8) is 0 Å². The van der Waals surface area contributed by atoms with E-state index < -0.39 is 26.9 Å². The smallest absolute Gasteiger partial charge is 0.327 e. The lowest BCUT2D eigenvalue weighted by Crippen LogP contribution is -2.42. The molecule has 0 bridgehead atoms. The summed E-state index contributed by atoms with van der Waals surface area (Å²) in [6.45, 7) is 2.32. The van der Waals surface area contributed by atoms with Crippen LogP contribution in [-0.4, -0.2) is 38.3 Å². The summed E-state index contributed by atoms with van der Waals surface area (Å²) >= 11 is 0. The third-order valence-electron chi connectivity index (χ3n) is 1.49. The van der Waals surface area contributed by atoms with Crippen molar-refractivity contribution >= 4 is 8.60 Å². The van der Waals surface area contributed by atoms with Gasteiger partial charge in [-0.15, -0.1) is 0 Å². The molecule has 0 aliphatic rings. The van der Waals surface area contributed by atoms with E-state index in [9.17, 15) is 0 Å². The minimum absolute atomic E-state index is 0.468. The first kappa shape index (κ1) is 11.2. The van der Waals surface area contributed by atoms with Crippen molar-refractivity contribution in [3.8, 4) is 0 Å². The molecule has 2 atom stereocenters. The Morgan fingerprint density at radius 3 is 2.09 bits per heavy atom. The second-order valence-corrected chi connectivity index (χ2v) is 3.18. The van der Waals surface area contributed by atoms with Gasteiger partial charge in [0.2, 0.25) is 0 Å². The van der Waals surface area contributed by atoms with Gasteiger partial charge in [0, 0.05) is 0 Å². The molecule has 0 aromatic carbocycles. The fourth-order valence-corrected chi connectivity index (χ4v) is 1.01. The average Bonchev–Trinajstić information content (AvgIpc) is 1.86. The number of aliphatic hydroxyl groups is 2. The van der Waals surface area contributed by atoms with Gasteiger partial charge in [0.05, 0.1) is 12.7 Å². The molecule has 0 aromatic rings. The molecule has 0 rings (SSSR count). The highest BCUT2D eigenvalue weighted by Crippen LogP contribution is 2.33. The molecule has 68 valence electrons. The van der Waals surface area contributed by atoms with E-state index >= 15 is 0 Å². The summed E-state index contributed by atoms with van der Waals surface area (Å²) in [5.74, 6) is 0. The Morgan fingerprint density at radius 1 is 1.55 bits per heavy atom. The molecule has 0 spiro atoms. The van der Waals surface area contributed by atoms with Crippen molar-refractivity contribution in [2.24, 2.45) is 0 Å². The Bertz CT molecular complexity index is 117. The molecule has 0 radical (unpaired) electrons. The van der Waals surface area contributed by atoms with Gasteiger partial charge in [-0.05, 0) is 13.8 Å². The lowest BCUT2D eigenvalue weighted by atomic mass is 10.0. The molecule has 0 saturated heterocycles. The fourth-order valence-electron chi connectivity index (χ4n) is 0.424. The van der Waals surface area contributed by atoms with Gasteiger partial charge < -0.3 is 24.5 Å². The summed E-state index contributed by atoms with van der Waals surface area (Å²) in [7, 11) is -2.55. The molecule has 11 heavy (non-hydrogen) atoms. The first-order valence-corrected chi connectivity index (χ1v) is 4.25. The average molecular weight is 184 g/mol. The first-order chi connectivity index (χ1) is 4.92. The Hall–Kier alpha value is 0.230. The standard InChI is InChI=1S/C5H13O5P/c1-4(7)5(2,3-6)10-11(8)9/h4,6-9H,3H2,1-2H3/t4-,5?/m0/s1. The summed E-state index contributed by atoms with van der Waals surface area (Å²) < 4.78 is 4.52. The SMILES string of the molecule is C[C@H](O)C(C)(CO)OP(O)O. The van der Waals surface area contributed by atoms with Crippen LogP contribution >= 0.6 is 8.60 Å². The van der Waals surface area contributed by atoms with Crippen LogP contribution < -0.4 is 0 Å². The van der Waals surface area contributed by atoms with Crippen molar-refractivity contribution in [2.45, 2.75) is 25.6 Å². The lowest BCUT2D eigenvalue weighted by Gasteiger charge is -2.30. The number of rotatable bonds is 4. The zero-order chi connectivity index (χ0) is 9.07. The van der Waals surface area contributed by atoms with Crippen LogP contribution in [0.5, 0.6) is 0 Å². The first-order valence-electron chi connectivity index (χ1n) is 3.08. The summed E-state index contributed by atoms with van der Waals surface area (Å²) in [6, 6.07) is 0. The van der Waals surface area contributed by atoms with E-state index in [2.05, 4.69) is 4.52 Å². The molecule has 0 aliphatic carbocycles. The van der Waals surface area contributed by atoms with E-state index in [1.807, 2.05) is 0 Å². The second-order valence-electron chi connectivity index (χ2n) is 2.49. The maximum atomic E-state index is 9.02. The van der Waals surface area contributed by atoms with Crippen molar-refractivity contribution < 1.29 is 24.5 Å². The van der Waals surface area contributed by atoms with Gasteiger partial charge >= 0.3 is 8.60 Å². The molecule has 0 aromatic heterocycles. The molecule has 4 N–H and O–H groups in total. The Morgan fingerprint density at radius 2 is 2.00 bits per heavy atom. The minimum Gasteiger partial charge on any atom is -0.393 e. The highest BCUT2D eigenvalue weighted by molar-refractivity contribution is 7.39. The number of hydrogen-bond donors (Lipinski definition) is 4. The molecular weight excluding hydrogens is 171 g/mol. The Kier molecular flexibility index (Phi) is 4.39. The molecule has 0 saturated carbocycles. The molecule has 0 heterocycles. The van der Waals surface area contributed by atoms with Gasteiger partial charge in [0.15, 0.2) is 0 Å². The van der Waals surface area contributed by atoms with Gasteiger partial charge in [-0.3, -0.25) is 0 Å². The van der Waals surface area contributed by atoms with E-state index in [1.54, 1.807) is 0 Å². The van der Waals surface area contributed by atoms with Crippen LogP contribution in [0.4, 0.5) is 0 Å². The van der Waals surface area contributed by atoms with Crippen LogP contribution in [0.3, 0.4) is 0 Å². The third kappa shape index (κ3) is 3.42. The lowest BCUT2D eigenvalue weighted by molar-refractivity contribution is -0.0704. The molecule has 0 amide bonds. The zero-order valence-electron chi connectivity index (χ0n) is 6.43. The number of aliphatic hydroxyl groups excluding tert-OH is 2. The monoisotopic (exact) mass is 184 g/mol. The van der Waals surface area contributed by atoms with Gasteiger partial charge in [-0.2, -0.15) is 0 Å². The normalized spacial score (nSPS) is 19.9. The highest BCUT2D eigenvalue weighted by Gasteiger charge is 2.33. The molecule has 0 aliphatic heterocycles. The van der Waals surface area contributed by atoms with E-state index in [0.717, 1.165) is 0 Å². The van der Waals surface area contributed by atoms with Crippen LogP contribution in [-0.2, 0) is 4.52 Å². The zero-order valence-corrected chi connectivity index (χ0v) is 7.32. The van der Waals surface area contributed by atoms with E-state index in [-0.39, 0.29) is 0 Å². The van der Waals surface area contributed by atoms with Crippen LogP contribution in [0.25, 0.3) is 0 Å². The third-order valence-corrected chi connectivity index (χ3v) is 2.07. The van der Waals surface area contributed by atoms with Gasteiger partial charge in [0.1, 0.15) is 5.60 Å². The second kappa shape index (κ2) is 4.30. The van der Waals surface area contributed by atoms with Crippen molar-refractivity contribution in [1.29, 1.82) is 0 Å². The Balaban J connectivity index is 4.10. The fraction of sp³-hybridized carbons (Fsp3) is 1.00. The van der Waals surface area contributed by atoms with Gasteiger partial charge in [-0.25, -0.2) is 0 Å². The summed E-state index contributed by atoms with van der Waals surface area (Å²) in [5.41, 5.74) is -1.30. The maximum Gasteiger partial charge on any atom is 0.327 e.